The summed E-state index contributed by atoms with van der Waals surface area (Å²) in [6, 6.07) is 0. The predicted molar refractivity (Wildman–Crippen MR) is 87.7 cm³/mol. The maximum absolute atomic E-state index is 12.1. The lowest BCUT2D eigenvalue weighted by Crippen LogP contribution is -2.42. The molecule has 3 heterocycles. The number of anilines is 1. The van der Waals surface area contributed by atoms with Gasteiger partial charge in [0.15, 0.2) is 0 Å². The van der Waals surface area contributed by atoms with Crippen molar-refractivity contribution in [1.82, 2.24) is 14.9 Å². The first kappa shape index (κ1) is 15.8. The summed E-state index contributed by atoms with van der Waals surface area (Å²) >= 11 is 0. The number of hydrogen-bond acceptors (Lipinski definition) is 6. The van der Waals surface area contributed by atoms with E-state index in [4.69, 9.17) is 14.5 Å². The molecule has 1 amide bonds. The van der Waals surface area contributed by atoms with E-state index in [-0.39, 0.29) is 17.9 Å². The largest absolute Gasteiger partial charge is 0.376 e. The lowest BCUT2D eigenvalue weighted by atomic mass is 9.80. The molecule has 1 atom stereocenters. The summed E-state index contributed by atoms with van der Waals surface area (Å²) in [7, 11) is 1.55. The number of nitrogens with one attached hydrogen (secondary N) is 1. The minimum absolute atomic E-state index is 0.0302. The number of carbonyl (C=O) groups is 1. The van der Waals surface area contributed by atoms with Crippen molar-refractivity contribution in [3.05, 3.63) is 17.5 Å². The second-order valence-electron chi connectivity index (χ2n) is 7.16. The smallest absolute Gasteiger partial charge is 0.248 e. The van der Waals surface area contributed by atoms with E-state index in [2.05, 4.69) is 10.3 Å². The minimum Gasteiger partial charge on any atom is -0.376 e. The monoisotopic (exact) mass is 332 g/mol. The van der Waals surface area contributed by atoms with Crippen molar-refractivity contribution in [2.24, 2.45) is 5.92 Å². The normalized spacial score (nSPS) is 25.8. The highest BCUT2D eigenvalue weighted by Gasteiger charge is 2.46. The Morgan fingerprint density at radius 3 is 3.21 bits per heavy atom. The van der Waals surface area contributed by atoms with Gasteiger partial charge in [-0.2, -0.15) is 0 Å². The molecule has 24 heavy (non-hydrogen) atoms. The summed E-state index contributed by atoms with van der Waals surface area (Å²) in [6.45, 7) is 3.59. The fourth-order valence-corrected chi connectivity index (χ4v) is 3.65. The second-order valence-corrected chi connectivity index (χ2v) is 7.16. The third kappa shape index (κ3) is 2.98. The van der Waals surface area contributed by atoms with Crippen molar-refractivity contribution in [3.8, 4) is 0 Å². The third-order valence-corrected chi connectivity index (χ3v) is 5.22. The van der Waals surface area contributed by atoms with E-state index in [1.54, 1.807) is 7.11 Å². The fourth-order valence-electron chi connectivity index (χ4n) is 3.65. The van der Waals surface area contributed by atoms with Crippen LogP contribution in [0.2, 0.25) is 0 Å². The maximum atomic E-state index is 12.1. The van der Waals surface area contributed by atoms with Gasteiger partial charge >= 0.3 is 0 Å². The molecule has 7 heteroatoms. The first-order valence-corrected chi connectivity index (χ1v) is 8.65. The lowest BCUT2D eigenvalue weighted by molar-refractivity contribution is -0.134. The Morgan fingerprint density at radius 2 is 2.42 bits per heavy atom. The number of carbonyl (C=O) groups excluding carboxylic acids is 1. The Balaban J connectivity index is 1.55. The van der Waals surface area contributed by atoms with Gasteiger partial charge in [-0.15, -0.1) is 0 Å². The van der Waals surface area contributed by atoms with Gasteiger partial charge in [0.25, 0.3) is 0 Å². The predicted octanol–water partition coefficient (Wildman–Crippen LogP) is 0.945. The van der Waals surface area contributed by atoms with E-state index >= 15 is 0 Å². The highest BCUT2D eigenvalue weighted by molar-refractivity contribution is 5.78. The van der Waals surface area contributed by atoms with E-state index in [9.17, 15) is 4.79 Å². The number of aromatic nitrogens is 2. The van der Waals surface area contributed by atoms with E-state index in [0.29, 0.717) is 25.7 Å². The zero-order valence-electron chi connectivity index (χ0n) is 14.1. The van der Waals surface area contributed by atoms with Gasteiger partial charge < -0.3 is 19.7 Å². The highest BCUT2D eigenvalue weighted by atomic mass is 16.5. The topological polar surface area (TPSA) is 76.6 Å². The standard InChI is InChI=1S/C17H24N4O3/c1-23-9-14(22)21-5-4-17(10-21)11-24-8-13-7-19-16(20-15(13)17)18-6-12-2-3-12/h7,12H,2-6,8-11H2,1H3,(H,18,19,20)/t17-/m0/s1. The molecule has 1 spiro atoms. The van der Waals surface area contributed by atoms with Gasteiger partial charge in [-0.1, -0.05) is 0 Å². The number of rotatable bonds is 5. The Labute approximate surface area is 141 Å². The molecule has 0 radical (unpaired) electrons. The first-order chi connectivity index (χ1) is 11.7. The average molecular weight is 332 g/mol. The van der Waals surface area contributed by atoms with Crippen LogP contribution in [0.1, 0.15) is 30.5 Å². The van der Waals surface area contributed by atoms with Crippen LogP contribution in [0.15, 0.2) is 6.20 Å². The van der Waals surface area contributed by atoms with Crippen LogP contribution in [-0.4, -0.2) is 60.7 Å². The number of nitrogens with zero attached hydrogens (tertiary/aromatic N) is 3. The Bertz CT molecular complexity index is 634. The lowest BCUT2D eigenvalue weighted by Gasteiger charge is -2.34. The molecule has 0 bridgehead atoms. The van der Waals surface area contributed by atoms with Crippen LogP contribution in [0, 0.1) is 5.92 Å². The van der Waals surface area contributed by atoms with Gasteiger partial charge in [0.2, 0.25) is 11.9 Å². The number of amides is 1. The van der Waals surface area contributed by atoms with Crippen molar-refractivity contribution in [2.75, 3.05) is 45.3 Å². The first-order valence-electron chi connectivity index (χ1n) is 8.65. The van der Waals surface area contributed by atoms with Crippen LogP contribution in [0.4, 0.5) is 5.95 Å². The zero-order valence-corrected chi connectivity index (χ0v) is 14.1. The summed E-state index contributed by atoms with van der Waals surface area (Å²) < 4.78 is 10.8. The van der Waals surface area contributed by atoms with Crippen molar-refractivity contribution >= 4 is 11.9 Å². The van der Waals surface area contributed by atoms with Gasteiger partial charge in [0.05, 0.1) is 24.3 Å². The molecule has 1 aromatic rings. The molecule has 1 N–H and O–H groups in total. The Morgan fingerprint density at radius 1 is 1.54 bits per heavy atom. The Hall–Kier alpha value is -1.73. The molecule has 2 fully saturated rings. The molecule has 1 aliphatic carbocycles. The quantitative estimate of drug-likeness (QED) is 0.865. The van der Waals surface area contributed by atoms with Crippen molar-refractivity contribution in [3.63, 3.8) is 0 Å². The number of hydrogen-bond donors (Lipinski definition) is 1. The summed E-state index contributed by atoms with van der Waals surface area (Å²) in [5.74, 6) is 1.50. The van der Waals surface area contributed by atoms with Crippen LogP contribution >= 0.6 is 0 Å². The van der Waals surface area contributed by atoms with E-state index in [1.165, 1.54) is 12.8 Å². The average Bonchev–Trinajstić information content (AvgIpc) is 3.33. The molecule has 2 aliphatic heterocycles. The number of fused-ring (bicyclic) bond motifs is 2. The molecule has 7 nitrogen and oxygen atoms in total. The number of methoxy groups -OCH3 is 1. The van der Waals surface area contributed by atoms with E-state index in [0.717, 1.165) is 36.7 Å². The molecular formula is C17H24N4O3. The molecule has 1 aromatic heterocycles. The summed E-state index contributed by atoms with van der Waals surface area (Å²) in [6.07, 6.45) is 5.34. The van der Waals surface area contributed by atoms with Crippen LogP contribution < -0.4 is 5.32 Å². The van der Waals surface area contributed by atoms with Gasteiger partial charge in [-0.25, -0.2) is 9.97 Å². The van der Waals surface area contributed by atoms with E-state index < -0.39 is 0 Å². The van der Waals surface area contributed by atoms with Crippen LogP contribution in [-0.2, 0) is 26.3 Å². The van der Waals surface area contributed by atoms with Crippen LogP contribution in [0.3, 0.4) is 0 Å². The van der Waals surface area contributed by atoms with Gasteiger partial charge in [-0.3, -0.25) is 4.79 Å². The van der Waals surface area contributed by atoms with Crippen LogP contribution in [0.25, 0.3) is 0 Å². The summed E-state index contributed by atoms with van der Waals surface area (Å²) in [5, 5.41) is 3.35. The molecule has 1 saturated carbocycles. The fraction of sp³-hybridized carbons (Fsp3) is 0.706. The molecule has 0 aromatic carbocycles. The zero-order chi connectivity index (χ0) is 16.6. The third-order valence-electron chi connectivity index (χ3n) is 5.22. The van der Waals surface area contributed by atoms with Crippen molar-refractivity contribution in [2.45, 2.75) is 31.3 Å². The van der Waals surface area contributed by atoms with Crippen molar-refractivity contribution < 1.29 is 14.3 Å². The second kappa shape index (κ2) is 6.29. The molecule has 130 valence electrons. The number of ether oxygens (including phenoxy) is 2. The molecule has 4 rings (SSSR count). The molecule has 0 unspecified atom stereocenters. The van der Waals surface area contributed by atoms with E-state index in [1.807, 2.05) is 11.1 Å². The minimum atomic E-state index is -0.212. The summed E-state index contributed by atoms with van der Waals surface area (Å²) in [5.41, 5.74) is 1.88. The number of likely N-dealkylation sites (tertiary alicyclic amines) is 1. The Kier molecular flexibility index (Phi) is 4.14. The summed E-state index contributed by atoms with van der Waals surface area (Å²) in [4.78, 5) is 23.3. The molecule has 3 aliphatic rings. The van der Waals surface area contributed by atoms with Crippen molar-refractivity contribution in [1.29, 1.82) is 0 Å². The van der Waals surface area contributed by atoms with Gasteiger partial charge in [0.1, 0.15) is 6.61 Å². The molecule has 1 saturated heterocycles. The van der Waals surface area contributed by atoms with Gasteiger partial charge in [-0.05, 0) is 25.2 Å². The highest BCUT2D eigenvalue weighted by Crippen LogP contribution is 2.39. The van der Waals surface area contributed by atoms with Crippen LogP contribution in [0.5, 0.6) is 0 Å². The SMILES string of the molecule is COCC(=O)N1CC[C@@]2(COCc3cnc(NCC4CC4)nc32)C1. The van der Waals surface area contributed by atoms with Gasteiger partial charge in [0, 0.05) is 38.5 Å². The maximum Gasteiger partial charge on any atom is 0.248 e. The molecular weight excluding hydrogens is 308 g/mol.